The molecule has 0 aromatic carbocycles. The quantitative estimate of drug-likeness (QED) is 0.217. The van der Waals surface area contributed by atoms with E-state index in [1.165, 1.54) is 34.8 Å². The van der Waals surface area contributed by atoms with Gasteiger partial charge in [0.25, 0.3) is 0 Å². The van der Waals surface area contributed by atoms with Crippen LogP contribution in [-0.2, 0) is 20.8 Å². The van der Waals surface area contributed by atoms with E-state index >= 15 is 0 Å². The maximum atomic E-state index is 4.93. The third kappa shape index (κ3) is 5.39. The molecule has 8 atom stereocenters. The molecule has 6 rings (SSSR count). The summed E-state index contributed by atoms with van der Waals surface area (Å²) in [6.07, 6.45) is 25.6. The minimum atomic E-state index is -1.27. The van der Waals surface area contributed by atoms with Crippen LogP contribution < -0.4 is 0 Å². The van der Waals surface area contributed by atoms with Gasteiger partial charge in [-0.15, -0.1) is 0 Å². The van der Waals surface area contributed by atoms with E-state index in [1.807, 2.05) is 0 Å². The van der Waals surface area contributed by atoms with Crippen molar-refractivity contribution in [3.8, 4) is 0 Å². The summed E-state index contributed by atoms with van der Waals surface area (Å²) < 4.78 is 0. The molecule has 6 aliphatic carbocycles. The van der Waals surface area contributed by atoms with Gasteiger partial charge in [0.05, 0.1) is 8.07 Å². The Morgan fingerprint density at radius 1 is 0.441 bits per heavy atom. The minimum absolute atomic E-state index is 0. The SMILES string of the molecule is C[Si](C)(C1C2CCCCC2C2CCCCC21)C1C2CCCCC2C2CCCCC21.[CH3-].[CH3-].[Cl][Zr+2][Cl]. The molecule has 0 bridgehead atoms. The first kappa shape index (κ1) is 30.2. The van der Waals surface area contributed by atoms with E-state index in [4.69, 9.17) is 17.0 Å². The second-order valence-electron chi connectivity index (χ2n) is 13.4. The van der Waals surface area contributed by atoms with Crippen LogP contribution in [0.15, 0.2) is 0 Å². The van der Waals surface area contributed by atoms with Crippen LogP contribution >= 0.6 is 17.0 Å². The van der Waals surface area contributed by atoms with Crippen LogP contribution in [0.3, 0.4) is 0 Å². The number of hydrogen-bond acceptors (Lipinski definition) is 0. The first-order chi connectivity index (χ1) is 15.6. The predicted octanol–water partition coefficient (Wildman–Crippen LogP) is 11.0. The van der Waals surface area contributed by atoms with Gasteiger partial charge in [0.2, 0.25) is 0 Å². The van der Waals surface area contributed by atoms with Crippen molar-refractivity contribution in [1.82, 2.24) is 0 Å². The molecule has 0 saturated heterocycles. The standard InChI is InChI=1S/C28H48Si.2CH3.2ClH.Zr/c1-29(2,27-23-15-7-3-11-19(23)20-12-4-8-16-24(20)27)28-25-17-9-5-13-21(25)22-14-6-10-18-26(22)28;;;;;/h19-28H,3-18H2,1-2H3;2*1H3;2*1H;/q;2*-1;;;+4/p-2. The number of rotatable bonds is 2. The molecule has 0 heterocycles. The molecule has 0 radical (unpaired) electrons. The molecule has 0 spiro atoms. The van der Waals surface area contributed by atoms with Crippen molar-refractivity contribution in [1.29, 1.82) is 0 Å². The monoisotopic (exact) mass is 602 g/mol. The topological polar surface area (TPSA) is 0 Å². The fourth-order valence-electron chi connectivity index (χ4n) is 11.7. The molecule has 6 fully saturated rings. The zero-order valence-electron chi connectivity index (χ0n) is 22.8. The Bertz CT molecular complexity index is 533. The average Bonchev–Trinajstić information content (AvgIpc) is 3.34. The van der Waals surface area contributed by atoms with Gasteiger partial charge in [-0.25, -0.2) is 0 Å². The molecule has 196 valence electrons. The summed E-state index contributed by atoms with van der Waals surface area (Å²) >= 11 is -0.826. The van der Waals surface area contributed by atoms with E-state index in [0.29, 0.717) is 0 Å². The fourth-order valence-corrected chi connectivity index (χ4v) is 18.2. The summed E-state index contributed by atoms with van der Waals surface area (Å²) in [5, 5.41) is 0. The van der Waals surface area contributed by atoms with E-state index in [1.54, 1.807) is 103 Å². The summed E-state index contributed by atoms with van der Waals surface area (Å²) in [4.78, 5) is 0. The first-order valence-corrected chi connectivity index (χ1v) is 24.0. The average molecular weight is 605 g/mol. The van der Waals surface area contributed by atoms with Crippen LogP contribution in [0.4, 0.5) is 0 Å². The molecular formula is C30H54Cl2SiZr. The molecule has 0 N–H and O–H groups in total. The van der Waals surface area contributed by atoms with Crippen molar-refractivity contribution in [3.63, 3.8) is 0 Å². The van der Waals surface area contributed by atoms with E-state index < -0.39 is 28.9 Å². The first-order valence-electron chi connectivity index (χ1n) is 14.6. The van der Waals surface area contributed by atoms with Crippen molar-refractivity contribution < 1.29 is 20.8 Å². The molecule has 8 unspecified atom stereocenters. The fraction of sp³-hybridized carbons (Fsp3) is 0.933. The van der Waals surface area contributed by atoms with Crippen LogP contribution in [-0.4, -0.2) is 8.07 Å². The molecule has 4 heteroatoms. The van der Waals surface area contributed by atoms with Gasteiger partial charge in [-0.1, -0.05) is 90.1 Å². The van der Waals surface area contributed by atoms with Gasteiger partial charge < -0.3 is 14.9 Å². The summed E-state index contributed by atoms with van der Waals surface area (Å²) in [6.45, 7) is 5.96. The Balaban J connectivity index is 0.000000618. The molecule has 0 amide bonds. The Hall–Kier alpha value is 1.68. The van der Waals surface area contributed by atoms with Crippen molar-refractivity contribution in [2.24, 2.45) is 47.3 Å². The predicted molar refractivity (Wildman–Crippen MR) is 151 cm³/mol. The normalized spacial score (nSPS) is 44.9. The van der Waals surface area contributed by atoms with Gasteiger partial charge in [-0.2, -0.15) is 0 Å². The molecule has 6 aliphatic rings. The summed E-state index contributed by atoms with van der Waals surface area (Å²) in [5.74, 6) is 9.33. The van der Waals surface area contributed by atoms with Gasteiger partial charge in [-0.05, 0) is 84.1 Å². The number of hydrogen-bond donors (Lipinski definition) is 0. The van der Waals surface area contributed by atoms with Crippen molar-refractivity contribution in [3.05, 3.63) is 14.9 Å². The summed E-state index contributed by atoms with van der Waals surface area (Å²) in [7, 11) is 8.60. The Labute approximate surface area is 233 Å². The summed E-state index contributed by atoms with van der Waals surface area (Å²) in [5.41, 5.74) is 2.43. The molecule has 6 saturated carbocycles. The number of halogens is 2. The number of fused-ring (bicyclic) bond motifs is 6. The Morgan fingerprint density at radius 3 is 0.824 bits per heavy atom. The second kappa shape index (κ2) is 13.2. The third-order valence-corrected chi connectivity index (χ3v) is 17.3. The van der Waals surface area contributed by atoms with Crippen LogP contribution in [0.25, 0.3) is 0 Å². The van der Waals surface area contributed by atoms with Crippen LogP contribution in [0.5, 0.6) is 0 Å². The van der Waals surface area contributed by atoms with Gasteiger partial charge >= 0.3 is 37.9 Å². The zero-order chi connectivity index (χ0) is 22.3. The second-order valence-corrected chi connectivity index (χ2v) is 22.1. The van der Waals surface area contributed by atoms with Crippen LogP contribution in [0, 0.1) is 62.2 Å². The molecule has 0 aromatic rings. The molecule has 34 heavy (non-hydrogen) atoms. The zero-order valence-corrected chi connectivity index (χ0v) is 27.8. The Morgan fingerprint density at radius 2 is 0.618 bits per heavy atom. The molecule has 0 aromatic heterocycles. The van der Waals surface area contributed by atoms with Crippen LogP contribution in [0.1, 0.15) is 103 Å². The third-order valence-electron chi connectivity index (χ3n) is 12.2. The van der Waals surface area contributed by atoms with Gasteiger partial charge in [0.15, 0.2) is 0 Å². The molecule has 0 aliphatic heterocycles. The van der Waals surface area contributed by atoms with Gasteiger partial charge in [-0.3, -0.25) is 0 Å². The van der Waals surface area contributed by atoms with Crippen LogP contribution in [0.2, 0.25) is 24.2 Å². The van der Waals surface area contributed by atoms with E-state index in [-0.39, 0.29) is 14.9 Å². The van der Waals surface area contributed by atoms with E-state index in [2.05, 4.69) is 13.1 Å². The van der Waals surface area contributed by atoms with Crippen molar-refractivity contribution >= 4 is 25.1 Å². The van der Waals surface area contributed by atoms with E-state index in [0.717, 1.165) is 23.7 Å². The maximum absolute atomic E-state index is 4.93. The molecular weight excluding hydrogens is 551 g/mol. The Kier molecular flexibility index (Phi) is 11.7. The molecule has 0 nitrogen and oxygen atoms in total. The van der Waals surface area contributed by atoms with E-state index in [9.17, 15) is 0 Å². The van der Waals surface area contributed by atoms with Gasteiger partial charge in [0.1, 0.15) is 0 Å². The van der Waals surface area contributed by atoms with Gasteiger partial charge in [0, 0.05) is 0 Å². The summed E-state index contributed by atoms with van der Waals surface area (Å²) in [6, 6.07) is 0. The van der Waals surface area contributed by atoms with Crippen molar-refractivity contribution in [2.45, 2.75) is 127 Å². The van der Waals surface area contributed by atoms with Crippen molar-refractivity contribution in [2.75, 3.05) is 0 Å².